The smallest absolute Gasteiger partial charge is 0.328 e. The van der Waals surface area contributed by atoms with Crippen molar-refractivity contribution in [2.75, 3.05) is 6.61 Å². The summed E-state index contributed by atoms with van der Waals surface area (Å²) in [6.45, 7) is 0.786. The molecule has 0 amide bonds. The number of ether oxygens (including phenoxy) is 1. The van der Waals surface area contributed by atoms with Crippen LogP contribution in [-0.2, 0) is 16.1 Å². The minimum atomic E-state index is -1.00. The highest BCUT2D eigenvalue weighted by Crippen LogP contribution is 2.00. The summed E-state index contributed by atoms with van der Waals surface area (Å²) in [5, 5.41) is 8.38. The molecule has 1 aromatic carbocycles. The van der Waals surface area contributed by atoms with E-state index in [1.807, 2.05) is 30.3 Å². The van der Waals surface area contributed by atoms with Crippen LogP contribution in [0.15, 0.2) is 42.5 Å². The normalized spacial score (nSPS) is 12.1. The number of carboxylic acids is 1. The molecule has 1 rings (SSSR count). The van der Waals surface area contributed by atoms with Gasteiger partial charge in [-0.3, -0.25) is 0 Å². The van der Waals surface area contributed by atoms with Crippen LogP contribution in [0, 0.1) is 0 Å². The summed E-state index contributed by atoms with van der Waals surface area (Å²) < 4.78 is 5.34. The number of carboxylic acid groups (broad SMARTS) is 1. The van der Waals surface area contributed by atoms with Crippen molar-refractivity contribution in [1.82, 2.24) is 0 Å². The number of nitrogens with two attached hydrogens (primary N) is 1. The van der Waals surface area contributed by atoms with Crippen molar-refractivity contribution in [1.29, 1.82) is 0 Å². The van der Waals surface area contributed by atoms with Gasteiger partial charge in [-0.05, 0) is 5.56 Å². The minimum absolute atomic E-state index is 0. The Balaban J connectivity index is 0.00000256. The quantitative estimate of drug-likeness (QED) is 0.759. The number of carbonyl (C=O) groups is 1. The highest BCUT2D eigenvalue weighted by Gasteiger charge is 1.99. The van der Waals surface area contributed by atoms with Gasteiger partial charge in [0.15, 0.2) is 0 Å². The molecule has 0 fully saturated rings. The summed E-state index contributed by atoms with van der Waals surface area (Å²) in [4.78, 5) is 10.2. The SMILES string of the molecule is Cl.N[C@@H](/C=C\C(=O)O)COCc1ccccc1. The predicted molar refractivity (Wildman–Crippen MR) is 68.1 cm³/mol. The number of benzene rings is 1. The zero-order valence-corrected chi connectivity index (χ0v) is 10.1. The van der Waals surface area contributed by atoms with Crippen LogP contribution in [-0.4, -0.2) is 23.7 Å². The van der Waals surface area contributed by atoms with Crippen LogP contribution in [0.3, 0.4) is 0 Å². The molecular weight excluding hydrogens is 242 g/mol. The highest BCUT2D eigenvalue weighted by atomic mass is 35.5. The van der Waals surface area contributed by atoms with Crippen LogP contribution in [0.1, 0.15) is 5.56 Å². The summed E-state index contributed by atoms with van der Waals surface area (Å²) in [5.74, 6) is -1.00. The molecule has 94 valence electrons. The Morgan fingerprint density at radius 3 is 2.65 bits per heavy atom. The molecule has 1 atom stereocenters. The van der Waals surface area contributed by atoms with E-state index in [2.05, 4.69) is 0 Å². The molecule has 0 aliphatic carbocycles. The Bertz CT molecular complexity index is 354. The van der Waals surface area contributed by atoms with E-state index in [0.29, 0.717) is 13.2 Å². The molecule has 17 heavy (non-hydrogen) atoms. The van der Waals surface area contributed by atoms with E-state index in [-0.39, 0.29) is 18.4 Å². The second-order valence-corrected chi connectivity index (χ2v) is 3.36. The van der Waals surface area contributed by atoms with Crippen molar-refractivity contribution in [3.63, 3.8) is 0 Å². The Hall–Kier alpha value is -1.36. The maximum Gasteiger partial charge on any atom is 0.328 e. The zero-order valence-electron chi connectivity index (χ0n) is 9.28. The van der Waals surface area contributed by atoms with Gasteiger partial charge in [0.05, 0.1) is 13.2 Å². The van der Waals surface area contributed by atoms with Gasteiger partial charge in [0.2, 0.25) is 0 Å². The Labute approximate surface area is 106 Å². The van der Waals surface area contributed by atoms with Crippen LogP contribution < -0.4 is 5.73 Å². The van der Waals surface area contributed by atoms with Gasteiger partial charge in [-0.15, -0.1) is 12.4 Å². The lowest BCUT2D eigenvalue weighted by Crippen LogP contribution is -2.23. The molecular formula is C12H16ClNO3. The molecule has 1 aromatic rings. The number of halogens is 1. The van der Waals surface area contributed by atoms with Crippen molar-refractivity contribution in [2.24, 2.45) is 5.73 Å². The monoisotopic (exact) mass is 257 g/mol. The van der Waals surface area contributed by atoms with E-state index in [1.165, 1.54) is 6.08 Å². The maximum absolute atomic E-state index is 10.2. The van der Waals surface area contributed by atoms with Gasteiger partial charge < -0.3 is 15.6 Å². The molecule has 0 spiro atoms. The lowest BCUT2D eigenvalue weighted by molar-refractivity contribution is -0.131. The molecule has 3 N–H and O–H groups in total. The van der Waals surface area contributed by atoms with Gasteiger partial charge in [0.25, 0.3) is 0 Å². The number of rotatable bonds is 6. The molecule has 0 saturated carbocycles. The van der Waals surface area contributed by atoms with Gasteiger partial charge in [-0.1, -0.05) is 36.4 Å². The third kappa shape index (κ3) is 7.52. The first-order chi connectivity index (χ1) is 7.68. The van der Waals surface area contributed by atoms with Crippen LogP contribution in [0.2, 0.25) is 0 Å². The molecule has 0 aliphatic rings. The van der Waals surface area contributed by atoms with Gasteiger partial charge in [-0.2, -0.15) is 0 Å². The first-order valence-electron chi connectivity index (χ1n) is 4.97. The largest absolute Gasteiger partial charge is 0.478 e. The van der Waals surface area contributed by atoms with Crippen LogP contribution >= 0.6 is 12.4 Å². The third-order valence-corrected chi connectivity index (χ3v) is 1.91. The fraction of sp³-hybridized carbons (Fsp3) is 0.250. The van der Waals surface area contributed by atoms with Crippen LogP contribution in [0.4, 0.5) is 0 Å². The van der Waals surface area contributed by atoms with Crippen molar-refractivity contribution in [3.05, 3.63) is 48.0 Å². The summed E-state index contributed by atoms with van der Waals surface area (Å²) in [6, 6.07) is 9.33. The van der Waals surface area contributed by atoms with E-state index >= 15 is 0 Å². The number of hydrogen-bond acceptors (Lipinski definition) is 3. The number of hydrogen-bond donors (Lipinski definition) is 2. The number of aliphatic carboxylic acids is 1. The lowest BCUT2D eigenvalue weighted by atomic mass is 10.2. The van der Waals surface area contributed by atoms with E-state index in [0.717, 1.165) is 11.6 Å². The highest BCUT2D eigenvalue weighted by molar-refractivity contribution is 5.85. The lowest BCUT2D eigenvalue weighted by Gasteiger charge is -2.07. The van der Waals surface area contributed by atoms with Gasteiger partial charge in [0, 0.05) is 12.1 Å². The van der Waals surface area contributed by atoms with E-state index in [9.17, 15) is 4.79 Å². The van der Waals surface area contributed by atoms with Crippen molar-refractivity contribution >= 4 is 18.4 Å². The predicted octanol–water partition coefficient (Wildman–Crippen LogP) is 1.59. The van der Waals surface area contributed by atoms with Crippen LogP contribution in [0.25, 0.3) is 0 Å². The van der Waals surface area contributed by atoms with E-state index < -0.39 is 5.97 Å². The van der Waals surface area contributed by atoms with Gasteiger partial charge >= 0.3 is 5.97 Å². The van der Waals surface area contributed by atoms with Crippen molar-refractivity contribution in [2.45, 2.75) is 12.6 Å². The first-order valence-corrected chi connectivity index (χ1v) is 4.97. The second-order valence-electron chi connectivity index (χ2n) is 3.36. The fourth-order valence-corrected chi connectivity index (χ4v) is 1.15. The topological polar surface area (TPSA) is 72.6 Å². The Morgan fingerprint density at radius 1 is 1.41 bits per heavy atom. The summed E-state index contributed by atoms with van der Waals surface area (Å²) >= 11 is 0. The summed E-state index contributed by atoms with van der Waals surface area (Å²) in [6.07, 6.45) is 2.43. The van der Waals surface area contributed by atoms with Gasteiger partial charge in [-0.25, -0.2) is 4.79 Å². The third-order valence-electron chi connectivity index (χ3n) is 1.91. The summed E-state index contributed by atoms with van der Waals surface area (Å²) in [7, 11) is 0. The van der Waals surface area contributed by atoms with Gasteiger partial charge in [0.1, 0.15) is 0 Å². The summed E-state index contributed by atoms with van der Waals surface area (Å²) in [5.41, 5.74) is 6.68. The fourth-order valence-electron chi connectivity index (χ4n) is 1.15. The molecule has 0 bridgehead atoms. The first kappa shape index (κ1) is 15.6. The molecule has 0 aliphatic heterocycles. The zero-order chi connectivity index (χ0) is 11.8. The second kappa shape index (κ2) is 8.75. The van der Waals surface area contributed by atoms with Crippen molar-refractivity contribution < 1.29 is 14.6 Å². The molecule has 4 nitrogen and oxygen atoms in total. The molecule has 0 aromatic heterocycles. The molecule has 0 radical (unpaired) electrons. The van der Waals surface area contributed by atoms with Crippen molar-refractivity contribution in [3.8, 4) is 0 Å². The molecule has 0 heterocycles. The minimum Gasteiger partial charge on any atom is -0.478 e. The Kier molecular flexibility index (Phi) is 8.05. The average Bonchev–Trinajstić information content (AvgIpc) is 2.28. The Morgan fingerprint density at radius 2 is 2.06 bits per heavy atom. The van der Waals surface area contributed by atoms with Crippen LogP contribution in [0.5, 0.6) is 0 Å². The average molecular weight is 258 g/mol. The molecule has 5 heteroatoms. The maximum atomic E-state index is 10.2. The molecule has 0 unspecified atom stereocenters. The standard InChI is InChI=1S/C12H15NO3.ClH/c13-11(6-7-12(14)15)9-16-8-10-4-2-1-3-5-10;/h1-7,11H,8-9,13H2,(H,14,15);1H/b7-6-;/t11-;/m0./s1. The van der Waals surface area contributed by atoms with E-state index in [4.69, 9.17) is 15.6 Å². The molecule has 0 saturated heterocycles. The van der Waals surface area contributed by atoms with E-state index in [1.54, 1.807) is 0 Å².